The first-order valence-corrected chi connectivity index (χ1v) is 13.6. The molecule has 0 fully saturated rings. The van der Waals surface area contributed by atoms with Gasteiger partial charge >= 0.3 is 31.1 Å². The van der Waals surface area contributed by atoms with Crippen LogP contribution in [0.4, 0.5) is 5.82 Å². The van der Waals surface area contributed by atoms with Gasteiger partial charge in [0.15, 0.2) is 0 Å². The maximum Gasteiger partial charge on any atom is 2.00 e. The van der Waals surface area contributed by atoms with Crippen LogP contribution in [0.25, 0.3) is 78.7 Å². The molecule has 9 aromatic rings. The number of hydrogen-bond acceptors (Lipinski definition) is 11. The average Bonchev–Trinajstić information content (AvgIpc) is 3.68. The predicted molar refractivity (Wildman–Crippen MR) is 163 cm³/mol. The monoisotopic (exact) mass is 807 g/mol. The summed E-state index contributed by atoms with van der Waals surface area (Å²) in [6.07, 6.45) is 5.91. The second-order valence-corrected chi connectivity index (χ2v) is 9.89. The molecule has 0 unspecified atom stereocenters. The van der Waals surface area contributed by atoms with Crippen LogP contribution in [0.1, 0.15) is 5.56 Å². The Kier molecular flexibility index (Phi) is 6.59. The molecule has 0 aliphatic heterocycles. The summed E-state index contributed by atoms with van der Waals surface area (Å²) in [5, 5.41) is 0. The molecule has 9 rings (SSSR count). The minimum Gasteiger partial charge on any atom is -0.457 e. The van der Waals surface area contributed by atoms with Crippen LogP contribution in [-0.2, 0) is 0 Å². The van der Waals surface area contributed by atoms with E-state index in [9.17, 15) is 0 Å². The van der Waals surface area contributed by atoms with E-state index in [0.717, 1.165) is 16.6 Å². The summed E-state index contributed by atoms with van der Waals surface area (Å²) >= 11 is 0. The van der Waals surface area contributed by atoms with E-state index in [1.54, 1.807) is 0 Å². The Morgan fingerprint density at radius 3 is 1.53 bits per heavy atom. The number of rotatable bonds is 4. The van der Waals surface area contributed by atoms with Crippen LogP contribution < -0.4 is 0 Å². The molecule has 0 spiro atoms. The minimum absolute atomic E-state index is 0. The Morgan fingerprint density at radius 1 is 0.533 bits per heavy atom. The molecular formula is C33H15N9O2U. The van der Waals surface area contributed by atoms with Gasteiger partial charge in [0, 0.05) is 5.82 Å². The number of aliphatic imine (C=N–C) groups is 1. The van der Waals surface area contributed by atoms with E-state index >= 15 is 0 Å². The number of fused-ring (bicyclic) bond motifs is 5. The van der Waals surface area contributed by atoms with E-state index in [4.69, 9.17) is 8.83 Å². The number of para-hydroxylation sites is 6. The van der Waals surface area contributed by atoms with Crippen LogP contribution in [0.15, 0.2) is 105 Å². The molecular weight excluding hydrogens is 792 g/mol. The van der Waals surface area contributed by atoms with Gasteiger partial charge in [-0.3, -0.25) is 0 Å². The number of benzene rings is 4. The van der Waals surface area contributed by atoms with E-state index in [0.29, 0.717) is 73.6 Å². The van der Waals surface area contributed by atoms with Crippen molar-refractivity contribution in [3.8, 4) is 22.9 Å². The predicted octanol–water partition coefficient (Wildman–Crippen LogP) is 6.56. The van der Waals surface area contributed by atoms with Crippen molar-refractivity contribution in [2.45, 2.75) is 0 Å². The molecule has 5 aromatic heterocycles. The molecule has 4 aromatic carbocycles. The quantitative estimate of drug-likeness (QED) is 0.142. The maximum absolute atomic E-state index is 6.08. The van der Waals surface area contributed by atoms with Crippen molar-refractivity contribution in [3.63, 3.8) is 0 Å². The van der Waals surface area contributed by atoms with E-state index in [1.165, 1.54) is 0 Å². The minimum atomic E-state index is 0. The molecule has 0 bridgehead atoms. The first kappa shape index (κ1) is 27.1. The number of oxazole rings is 2. The Balaban J connectivity index is 0.00000300. The molecule has 208 valence electrons. The standard InChI is InChI=1S/C33H15N9O2.U/c1-2-8-22-21(7-1)34-17-27(36-22)35-16-18-13-19(30-41-28-32(43-30)39-25-11-5-3-9-23(25)37-28)15-20(14-18)31-42-29-33(44-31)40-26-12-6-4-10-24(26)38-29;/h1-15H;/q-2;+2. The third kappa shape index (κ3) is 5.00. The molecule has 0 aliphatic rings. The Labute approximate surface area is 276 Å². The van der Waals surface area contributed by atoms with Crippen molar-refractivity contribution < 1.29 is 39.9 Å². The van der Waals surface area contributed by atoms with E-state index in [1.807, 2.05) is 91.0 Å². The smallest absolute Gasteiger partial charge is 0.457 e. The zero-order chi connectivity index (χ0) is 29.0. The number of nitrogens with zero attached hydrogens (tertiary/aromatic N) is 9. The van der Waals surface area contributed by atoms with E-state index < -0.39 is 0 Å². The second kappa shape index (κ2) is 10.9. The van der Waals surface area contributed by atoms with Gasteiger partial charge in [0.05, 0.1) is 22.1 Å². The third-order valence-corrected chi connectivity index (χ3v) is 6.95. The summed E-state index contributed by atoms with van der Waals surface area (Å²) in [6.45, 7) is 0. The molecule has 0 N–H and O–H groups in total. The maximum atomic E-state index is 6.08. The normalized spacial score (nSPS) is 11.7. The van der Waals surface area contributed by atoms with E-state index in [2.05, 4.69) is 57.3 Å². The average molecular weight is 808 g/mol. The largest absolute Gasteiger partial charge is 2.00 e. The summed E-state index contributed by atoms with van der Waals surface area (Å²) in [5.74, 6) is 0.922. The molecule has 0 amide bonds. The first-order chi connectivity index (χ1) is 21.7. The van der Waals surface area contributed by atoms with Gasteiger partial charge in [-0.15, -0.1) is 23.8 Å². The van der Waals surface area contributed by atoms with Gasteiger partial charge in [-0.25, -0.2) is 19.9 Å². The number of hydrogen-bond donors (Lipinski definition) is 0. The molecule has 0 saturated carbocycles. The third-order valence-electron chi connectivity index (χ3n) is 6.95. The van der Waals surface area contributed by atoms with Crippen LogP contribution in [0.2, 0.25) is 0 Å². The van der Waals surface area contributed by atoms with Gasteiger partial charge in [-0.1, -0.05) is 54.0 Å². The van der Waals surface area contributed by atoms with Gasteiger partial charge in [-0.05, 0) is 47.1 Å². The van der Waals surface area contributed by atoms with Crippen LogP contribution in [0.5, 0.6) is 0 Å². The summed E-state index contributed by atoms with van der Waals surface area (Å²) < 4.78 is 12.2. The summed E-state index contributed by atoms with van der Waals surface area (Å²) in [7, 11) is 0. The van der Waals surface area contributed by atoms with Crippen LogP contribution in [0.3, 0.4) is 0 Å². The van der Waals surface area contributed by atoms with Crippen LogP contribution >= 0.6 is 0 Å². The van der Waals surface area contributed by atoms with Gasteiger partial charge < -0.3 is 23.8 Å². The fraction of sp³-hybridized carbons (Fsp3) is 0. The summed E-state index contributed by atoms with van der Waals surface area (Å²) in [6, 6.07) is 28.1. The Hall–Kier alpha value is -5.44. The Bertz CT molecular complexity index is 2360. The van der Waals surface area contributed by atoms with Crippen LogP contribution in [-0.4, -0.2) is 46.1 Å². The zero-order valence-corrected chi connectivity index (χ0v) is 27.2. The van der Waals surface area contributed by atoms with Crippen molar-refractivity contribution in [1.29, 1.82) is 0 Å². The van der Waals surface area contributed by atoms with Gasteiger partial charge in [-0.2, -0.15) is 16.2 Å². The molecule has 0 saturated heterocycles. The fourth-order valence-electron chi connectivity index (χ4n) is 4.91. The number of aromatic nitrogens is 8. The van der Waals surface area contributed by atoms with Crippen molar-refractivity contribution in [2.75, 3.05) is 0 Å². The summed E-state index contributed by atoms with van der Waals surface area (Å²) in [5.41, 5.74) is 7.57. The van der Waals surface area contributed by atoms with Gasteiger partial charge in [0.1, 0.15) is 0 Å². The first-order valence-electron chi connectivity index (χ1n) is 13.6. The molecule has 0 atom stereocenters. The van der Waals surface area contributed by atoms with E-state index in [-0.39, 0.29) is 31.1 Å². The zero-order valence-electron chi connectivity index (χ0n) is 23.0. The summed E-state index contributed by atoms with van der Waals surface area (Å²) in [4.78, 5) is 41.0. The van der Waals surface area contributed by atoms with Crippen LogP contribution in [0, 0.1) is 37.3 Å². The van der Waals surface area contributed by atoms with Gasteiger partial charge in [0.25, 0.3) is 11.4 Å². The molecule has 0 aliphatic carbocycles. The molecule has 0 radical (unpaired) electrons. The Morgan fingerprint density at radius 2 is 1.00 bits per heavy atom. The molecule has 5 heterocycles. The van der Waals surface area contributed by atoms with Crippen molar-refractivity contribution >= 4 is 67.9 Å². The van der Waals surface area contributed by atoms with Gasteiger partial charge in [0.2, 0.25) is 23.1 Å². The van der Waals surface area contributed by atoms with Crippen molar-refractivity contribution in [2.24, 2.45) is 4.99 Å². The van der Waals surface area contributed by atoms with Crippen molar-refractivity contribution in [1.82, 2.24) is 39.9 Å². The second-order valence-electron chi connectivity index (χ2n) is 9.89. The fourth-order valence-corrected chi connectivity index (χ4v) is 4.91. The topological polar surface area (TPSA) is 142 Å². The van der Waals surface area contributed by atoms with Crippen molar-refractivity contribution in [3.05, 3.63) is 103 Å². The SMILES string of the molecule is [C-](=Nc1[c-]nc2ccccc2n1)c1cc(-c2nc3nc4ccccc4nc3o2)cc(-c2nc3nc4ccccc4nc3o2)c1.[U+2]. The molecule has 45 heavy (non-hydrogen) atoms. The molecule has 12 heteroatoms. The molecule has 11 nitrogen and oxygen atoms in total.